The standard InChI is InChI=1S/C9H13N3O2/c1-6(9(13)14)12-10-7-4-2-3-5-8(7)11-12/h6H,2-5H2,1H3,(H,13,14)/t6-/m0/s1. The maximum atomic E-state index is 10.7. The molecule has 1 atom stereocenters. The van der Waals surface area contributed by atoms with Gasteiger partial charge in [-0.05, 0) is 32.6 Å². The van der Waals surface area contributed by atoms with E-state index in [1.165, 1.54) is 4.80 Å². The molecule has 5 nitrogen and oxygen atoms in total. The summed E-state index contributed by atoms with van der Waals surface area (Å²) in [5.41, 5.74) is 1.95. The first-order valence-corrected chi connectivity index (χ1v) is 4.86. The van der Waals surface area contributed by atoms with E-state index >= 15 is 0 Å². The summed E-state index contributed by atoms with van der Waals surface area (Å²) in [5, 5.41) is 17.2. The van der Waals surface area contributed by atoms with Crippen molar-refractivity contribution in [3.63, 3.8) is 0 Å². The van der Waals surface area contributed by atoms with Crippen molar-refractivity contribution in [1.29, 1.82) is 0 Å². The highest BCUT2D eigenvalue weighted by Crippen LogP contribution is 2.18. The van der Waals surface area contributed by atoms with Crippen molar-refractivity contribution in [1.82, 2.24) is 15.0 Å². The van der Waals surface area contributed by atoms with Gasteiger partial charge in [0.2, 0.25) is 0 Å². The van der Waals surface area contributed by atoms with Gasteiger partial charge in [-0.1, -0.05) is 0 Å². The Balaban J connectivity index is 2.28. The van der Waals surface area contributed by atoms with Crippen molar-refractivity contribution in [2.45, 2.75) is 38.6 Å². The molecule has 0 radical (unpaired) electrons. The lowest BCUT2D eigenvalue weighted by molar-refractivity contribution is -0.141. The van der Waals surface area contributed by atoms with Crippen molar-refractivity contribution < 1.29 is 9.90 Å². The summed E-state index contributed by atoms with van der Waals surface area (Å²) >= 11 is 0. The molecule has 1 heterocycles. The molecule has 1 aliphatic carbocycles. The monoisotopic (exact) mass is 195 g/mol. The number of carboxylic acid groups (broad SMARTS) is 1. The summed E-state index contributed by atoms with van der Waals surface area (Å²) in [4.78, 5) is 12.0. The minimum atomic E-state index is -0.891. The molecule has 0 unspecified atom stereocenters. The predicted octanol–water partition coefficient (Wildman–Crippen LogP) is 0.802. The zero-order chi connectivity index (χ0) is 10.1. The van der Waals surface area contributed by atoms with Gasteiger partial charge in [-0.3, -0.25) is 0 Å². The topological polar surface area (TPSA) is 68.0 Å². The van der Waals surface area contributed by atoms with Crippen molar-refractivity contribution in [2.24, 2.45) is 0 Å². The highest BCUT2D eigenvalue weighted by atomic mass is 16.4. The minimum Gasteiger partial charge on any atom is -0.480 e. The van der Waals surface area contributed by atoms with Gasteiger partial charge in [0.1, 0.15) is 0 Å². The number of aliphatic carboxylic acids is 1. The van der Waals surface area contributed by atoms with Gasteiger partial charge in [0, 0.05) is 0 Å². The summed E-state index contributed by atoms with van der Waals surface area (Å²) in [6, 6.07) is -0.666. The molecule has 5 heteroatoms. The second-order valence-electron chi connectivity index (χ2n) is 3.64. The van der Waals surface area contributed by atoms with Crippen molar-refractivity contribution in [3.8, 4) is 0 Å². The van der Waals surface area contributed by atoms with E-state index in [1.54, 1.807) is 6.92 Å². The van der Waals surface area contributed by atoms with Gasteiger partial charge in [0.15, 0.2) is 6.04 Å². The van der Waals surface area contributed by atoms with Gasteiger partial charge in [0.25, 0.3) is 0 Å². The van der Waals surface area contributed by atoms with Gasteiger partial charge in [-0.25, -0.2) is 4.79 Å². The van der Waals surface area contributed by atoms with E-state index in [0.717, 1.165) is 37.1 Å². The number of nitrogens with zero attached hydrogens (tertiary/aromatic N) is 3. The van der Waals surface area contributed by atoms with Crippen molar-refractivity contribution >= 4 is 5.97 Å². The number of hydrogen-bond acceptors (Lipinski definition) is 3. The average Bonchev–Trinajstić information content (AvgIpc) is 2.59. The molecule has 0 bridgehead atoms. The highest BCUT2D eigenvalue weighted by Gasteiger charge is 2.20. The van der Waals surface area contributed by atoms with Crippen LogP contribution in [-0.4, -0.2) is 26.1 Å². The third-order valence-corrected chi connectivity index (χ3v) is 2.56. The summed E-state index contributed by atoms with van der Waals surface area (Å²) in [6.45, 7) is 1.59. The lowest BCUT2D eigenvalue weighted by Gasteiger charge is -2.05. The van der Waals surface area contributed by atoms with E-state index in [-0.39, 0.29) is 0 Å². The van der Waals surface area contributed by atoms with Gasteiger partial charge >= 0.3 is 5.97 Å². The third-order valence-electron chi connectivity index (χ3n) is 2.56. The molecule has 14 heavy (non-hydrogen) atoms. The Morgan fingerprint density at radius 3 is 2.29 bits per heavy atom. The zero-order valence-electron chi connectivity index (χ0n) is 8.10. The Bertz CT molecular complexity index is 335. The Morgan fingerprint density at radius 2 is 1.86 bits per heavy atom. The number of aryl methyl sites for hydroxylation is 2. The van der Waals surface area contributed by atoms with Crippen LogP contribution in [0.25, 0.3) is 0 Å². The molecule has 0 amide bonds. The largest absolute Gasteiger partial charge is 0.480 e. The molecule has 1 aliphatic rings. The molecule has 0 fully saturated rings. The van der Waals surface area contributed by atoms with Crippen molar-refractivity contribution in [2.75, 3.05) is 0 Å². The molecule has 0 saturated heterocycles. The smallest absolute Gasteiger partial charge is 0.330 e. The van der Waals surface area contributed by atoms with Gasteiger partial charge < -0.3 is 5.11 Å². The summed E-state index contributed by atoms with van der Waals surface area (Å²) in [6.07, 6.45) is 4.13. The summed E-state index contributed by atoms with van der Waals surface area (Å²) < 4.78 is 0. The number of rotatable bonds is 2. The van der Waals surface area contributed by atoms with Gasteiger partial charge in [-0.2, -0.15) is 15.0 Å². The Labute approximate surface area is 81.7 Å². The van der Waals surface area contributed by atoms with Crippen LogP contribution in [0.4, 0.5) is 0 Å². The van der Waals surface area contributed by atoms with Crippen LogP contribution in [0.1, 0.15) is 37.2 Å². The number of hydrogen-bond donors (Lipinski definition) is 1. The summed E-state index contributed by atoms with van der Waals surface area (Å²) in [5.74, 6) is -0.891. The quantitative estimate of drug-likeness (QED) is 0.758. The molecule has 76 valence electrons. The SMILES string of the molecule is C[C@@H](C(=O)O)n1nc2c(n1)CCCC2. The zero-order valence-corrected chi connectivity index (χ0v) is 8.10. The van der Waals surface area contributed by atoms with E-state index in [2.05, 4.69) is 10.2 Å². The molecule has 0 spiro atoms. The molecule has 0 aromatic carbocycles. The van der Waals surface area contributed by atoms with Crippen molar-refractivity contribution in [3.05, 3.63) is 11.4 Å². The van der Waals surface area contributed by atoms with Crippen LogP contribution in [0.15, 0.2) is 0 Å². The van der Waals surface area contributed by atoms with E-state index in [0.29, 0.717) is 0 Å². The fraction of sp³-hybridized carbons (Fsp3) is 0.667. The van der Waals surface area contributed by atoms with Crippen LogP contribution < -0.4 is 0 Å². The molecule has 2 rings (SSSR count). The fourth-order valence-electron chi connectivity index (χ4n) is 1.63. The maximum absolute atomic E-state index is 10.7. The third kappa shape index (κ3) is 1.49. The number of carbonyl (C=O) groups is 1. The Kier molecular flexibility index (Phi) is 2.23. The average molecular weight is 195 g/mol. The molecular weight excluding hydrogens is 182 g/mol. The first-order chi connectivity index (χ1) is 6.68. The molecule has 0 aliphatic heterocycles. The maximum Gasteiger partial charge on any atom is 0.330 e. The molecule has 1 aromatic rings. The predicted molar refractivity (Wildman–Crippen MR) is 49.0 cm³/mol. The van der Waals surface area contributed by atoms with Crippen LogP contribution >= 0.6 is 0 Å². The lowest BCUT2D eigenvalue weighted by atomic mass is 10.0. The second-order valence-corrected chi connectivity index (χ2v) is 3.64. The normalized spacial score (nSPS) is 17.5. The van der Waals surface area contributed by atoms with Crippen LogP contribution in [0, 0.1) is 0 Å². The number of fused-ring (bicyclic) bond motifs is 1. The van der Waals surface area contributed by atoms with E-state index in [4.69, 9.17) is 5.11 Å². The second kappa shape index (κ2) is 3.40. The van der Waals surface area contributed by atoms with Crippen LogP contribution in [-0.2, 0) is 17.6 Å². The van der Waals surface area contributed by atoms with E-state index in [9.17, 15) is 4.79 Å². The first-order valence-electron chi connectivity index (χ1n) is 4.86. The highest BCUT2D eigenvalue weighted by molar-refractivity contribution is 5.70. The summed E-state index contributed by atoms with van der Waals surface area (Å²) in [7, 11) is 0. The van der Waals surface area contributed by atoms with Gasteiger partial charge in [0.05, 0.1) is 11.4 Å². The Hall–Kier alpha value is -1.39. The van der Waals surface area contributed by atoms with E-state index in [1.807, 2.05) is 0 Å². The number of aromatic nitrogens is 3. The first kappa shape index (κ1) is 9.18. The Morgan fingerprint density at radius 1 is 1.36 bits per heavy atom. The fourth-order valence-corrected chi connectivity index (χ4v) is 1.63. The molecule has 1 aromatic heterocycles. The van der Waals surface area contributed by atoms with Crippen LogP contribution in [0.2, 0.25) is 0 Å². The van der Waals surface area contributed by atoms with Crippen LogP contribution in [0.5, 0.6) is 0 Å². The van der Waals surface area contributed by atoms with Gasteiger partial charge in [-0.15, -0.1) is 0 Å². The minimum absolute atomic E-state index is 0.666. The molecule has 1 N–H and O–H groups in total. The number of carboxylic acids is 1. The molecule has 0 saturated carbocycles. The van der Waals surface area contributed by atoms with E-state index < -0.39 is 12.0 Å². The molecular formula is C9H13N3O2. The van der Waals surface area contributed by atoms with Crippen LogP contribution in [0.3, 0.4) is 0 Å². The lowest BCUT2D eigenvalue weighted by Crippen LogP contribution is -2.18.